The maximum absolute atomic E-state index is 12.6. The van der Waals surface area contributed by atoms with Gasteiger partial charge in [0.05, 0.1) is 18.2 Å². The number of amides is 3. The molecule has 6 nitrogen and oxygen atoms in total. The molecule has 4 saturated carbocycles. The topological polar surface area (TPSA) is 70.7 Å². The molecule has 0 aromatic heterocycles. The molecule has 1 aliphatic heterocycles. The number of carbonyl (C=O) groups is 2. The lowest BCUT2D eigenvalue weighted by Crippen LogP contribution is -2.63. The second-order valence-corrected chi connectivity index (χ2v) is 9.53. The Morgan fingerprint density at radius 2 is 1.50 bits per heavy atom. The van der Waals surface area contributed by atoms with Crippen LogP contribution in [0, 0.1) is 17.8 Å². The summed E-state index contributed by atoms with van der Waals surface area (Å²) in [6.45, 7) is 7.35. The molecule has 0 radical (unpaired) electrons. The van der Waals surface area contributed by atoms with Crippen LogP contribution < -0.4 is 10.6 Å². The summed E-state index contributed by atoms with van der Waals surface area (Å²) in [4.78, 5) is 27.3. The van der Waals surface area contributed by atoms with Crippen molar-refractivity contribution in [3.8, 4) is 0 Å². The van der Waals surface area contributed by atoms with Crippen molar-refractivity contribution in [1.82, 2.24) is 15.5 Å². The standard InChI is InChI=1S/C20H33N3O3/c1-12-10-23(11-13(2)26-12)14(3)18(24)21-19(25)22-20-7-15-4-16(8-20)6-17(5-15)9-20/h12-17H,4-11H2,1-3H3,(H2,21,22,24,25). The SMILES string of the molecule is CC1CN(C(C)C(=O)NC(=O)NC23CC4CC(CC(C4)C2)C3)CC(C)O1. The number of hydrogen-bond acceptors (Lipinski definition) is 4. The molecule has 26 heavy (non-hydrogen) atoms. The van der Waals surface area contributed by atoms with E-state index < -0.39 is 0 Å². The second kappa shape index (κ2) is 6.79. The molecule has 3 atom stereocenters. The van der Waals surface area contributed by atoms with Gasteiger partial charge in [-0.1, -0.05) is 0 Å². The molecule has 3 amide bonds. The molecule has 146 valence electrons. The summed E-state index contributed by atoms with van der Waals surface area (Å²) in [5.41, 5.74) is -0.0651. The highest BCUT2D eigenvalue weighted by Crippen LogP contribution is 2.55. The first-order chi connectivity index (χ1) is 12.3. The van der Waals surface area contributed by atoms with Crippen LogP contribution in [0.25, 0.3) is 0 Å². The minimum Gasteiger partial charge on any atom is -0.373 e. The minimum absolute atomic E-state index is 0.0651. The Morgan fingerprint density at radius 3 is 2.00 bits per heavy atom. The molecular weight excluding hydrogens is 330 g/mol. The number of hydrogen-bond donors (Lipinski definition) is 2. The van der Waals surface area contributed by atoms with Gasteiger partial charge in [-0.05, 0) is 77.0 Å². The Labute approximate surface area is 156 Å². The highest BCUT2D eigenvalue weighted by molar-refractivity contribution is 5.97. The summed E-state index contributed by atoms with van der Waals surface area (Å²) in [5.74, 6) is 2.10. The van der Waals surface area contributed by atoms with Crippen molar-refractivity contribution in [3.05, 3.63) is 0 Å². The van der Waals surface area contributed by atoms with Crippen LogP contribution in [-0.4, -0.2) is 53.7 Å². The number of nitrogens with zero attached hydrogens (tertiary/aromatic N) is 1. The molecule has 1 heterocycles. The quantitative estimate of drug-likeness (QED) is 0.807. The van der Waals surface area contributed by atoms with Gasteiger partial charge in [-0.25, -0.2) is 4.79 Å². The number of carbonyl (C=O) groups excluding carboxylic acids is 2. The molecule has 5 aliphatic rings. The molecule has 2 N–H and O–H groups in total. The van der Waals surface area contributed by atoms with E-state index >= 15 is 0 Å². The summed E-state index contributed by atoms with van der Waals surface area (Å²) in [5, 5.41) is 5.83. The van der Waals surface area contributed by atoms with E-state index in [-0.39, 0.29) is 35.7 Å². The molecular formula is C20H33N3O3. The third-order valence-corrected chi connectivity index (χ3v) is 7.03. The number of morpholine rings is 1. The van der Waals surface area contributed by atoms with Gasteiger partial charge in [0.2, 0.25) is 5.91 Å². The average molecular weight is 364 g/mol. The summed E-state index contributed by atoms with van der Waals surface area (Å²) < 4.78 is 5.73. The van der Waals surface area contributed by atoms with E-state index in [1.807, 2.05) is 20.8 Å². The van der Waals surface area contributed by atoms with Gasteiger partial charge in [0.1, 0.15) is 0 Å². The van der Waals surface area contributed by atoms with Crippen LogP contribution in [0.15, 0.2) is 0 Å². The lowest BCUT2D eigenvalue weighted by atomic mass is 9.53. The summed E-state index contributed by atoms with van der Waals surface area (Å²) in [7, 11) is 0. The third kappa shape index (κ3) is 3.63. The fourth-order valence-electron chi connectivity index (χ4n) is 6.45. The van der Waals surface area contributed by atoms with E-state index in [0.717, 1.165) is 50.1 Å². The van der Waals surface area contributed by atoms with Gasteiger partial charge in [-0.3, -0.25) is 15.0 Å². The van der Waals surface area contributed by atoms with Crippen LogP contribution in [0.2, 0.25) is 0 Å². The van der Waals surface area contributed by atoms with Crippen LogP contribution in [0.5, 0.6) is 0 Å². The smallest absolute Gasteiger partial charge is 0.321 e. The number of nitrogens with one attached hydrogen (secondary N) is 2. The monoisotopic (exact) mass is 363 g/mol. The average Bonchev–Trinajstić information content (AvgIpc) is 2.51. The van der Waals surface area contributed by atoms with Crippen LogP contribution in [0.4, 0.5) is 4.79 Å². The Kier molecular flexibility index (Phi) is 4.76. The van der Waals surface area contributed by atoms with Gasteiger partial charge < -0.3 is 10.1 Å². The van der Waals surface area contributed by atoms with Crippen LogP contribution in [-0.2, 0) is 9.53 Å². The lowest BCUT2D eigenvalue weighted by molar-refractivity contribution is -0.130. The Morgan fingerprint density at radius 1 is 1.00 bits per heavy atom. The Hall–Kier alpha value is -1.14. The number of urea groups is 1. The zero-order chi connectivity index (χ0) is 18.5. The zero-order valence-electron chi connectivity index (χ0n) is 16.3. The van der Waals surface area contributed by atoms with Crippen LogP contribution in [0.3, 0.4) is 0 Å². The predicted molar refractivity (Wildman–Crippen MR) is 98.6 cm³/mol. The molecule has 5 rings (SSSR count). The largest absolute Gasteiger partial charge is 0.373 e. The van der Waals surface area contributed by atoms with Gasteiger partial charge in [0, 0.05) is 18.6 Å². The molecule has 1 saturated heterocycles. The van der Waals surface area contributed by atoms with Crippen molar-refractivity contribution in [2.45, 2.75) is 83.1 Å². The third-order valence-electron chi connectivity index (χ3n) is 7.03. The Bertz CT molecular complexity index is 533. The van der Waals surface area contributed by atoms with Crippen molar-refractivity contribution in [2.24, 2.45) is 17.8 Å². The molecule has 4 bridgehead atoms. The zero-order valence-corrected chi connectivity index (χ0v) is 16.3. The number of imide groups is 1. The van der Waals surface area contributed by atoms with Gasteiger partial charge in [0.15, 0.2) is 0 Å². The molecule has 0 aromatic carbocycles. The lowest BCUT2D eigenvalue weighted by Gasteiger charge is -2.56. The van der Waals surface area contributed by atoms with Crippen LogP contribution in [0.1, 0.15) is 59.3 Å². The summed E-state index contributed by atoms with van der Waals surface area (Å²) in [6, 6.07) is -0.635. The Balaban J connectivity index is 1.32. The number of rotatable bonds is 3. The summed E-state index contributed by atoms with van der Waals surface area (Å²) in [6.07, 6.45) is 7.51. The molecule has 6 heteroatoms. The maximum Gasteiger partial charge on any atom is 0.321 e. The van der Waals surface area contributed by atoms with Gasteiger partial charge in [-0.15, -0.1) is 0 Å². The van der Waals surface area contributed by atoms with E-state index in [0.29, 0.717) is 0 Å². The first-order valence-electron chi connectivity index (χ1n) is 10.3. The van der Waals surface area contributed by atoms with Crippen molar-refractivity contribution >= 4 is 11.9 Å². The molecule has 0 aromatic rings. The van der Waals surface area contributed by atoms with Gasteiger partial charge in [-0.2, -0.15) is 0 Å². The molecule has 0 spiro atoms. The second-order valence-electron chi connectivity index (χ2n) is 9.53. The highest BCUT2D eigenvalue weighted by Gasteiger charge is 2.51. The van der Waals surface area contributed by atoms with E-state index in [4.69, 9.17) is 4.74 Å². The first-order valence-corrected chi connectivity index (χ1v) is 10.3. The first kappa shape index (κ1) is 18.2. The predicted octanol–water partition coefficient (Wildman–Crippen LogP) is 2.28. The number of ether oxygens (including phenoxy) is 1. The van der Waals surface area contributed by atoms with E-state index in [1.165, 1.54) is 19.3 Å². The van der Waals surface area contributed by atoms with Crippen molar-refractivity contribution < 1.29 is 14.3 Å². The normalized spacial score (nSPS) is 43.1. The van der Waals surface area contributed by atoms with Crippen LogP contribution >= 0.6 is 0 Å². The minimum atomic E-state index is -0.328. The highest BCUT2D eigenvalue weighted by atomic mass is 16.5. The molecule has 3 unspecified atom stereocenters. The molecule has 4 aliphatic carbocycles. The van der Waals surface area contributed by atoms with Gasteiger partial charge >= 0.3 is 6.03 Å². The molecule has 5 fully saturated rings. The fraction of sp³-hybridized carbons (Fsp3) is 0.900. The summed E-state index contributed by atoms with van der Waals surface area (Å²) >= 11 is 0. The van der Waals surface area contributed by atoms with E-state index in [1.54, 1.807) is 0 Å². The van der Waals surface area contributed by atoms with Crippen molar-refractivity contribution in [2.75, 3.05) is 13.1 Å². The maximum atomic E-state index is 12.6. The fourth-order valence-corrected chi connectivity index (χ4v) is 6.45. The van der Waals surface area contributed by atoms with Gasteiger partial charge in [0.25, 0.3) is 0 Å². The van der Waals surface area contributed by atoms with Crippen molar-refractivity contribution in [1.29, 1.82) is 0 Å². The van der Waals surface area contributed by atoms with Crippen molar-refractivity contribution in [3.63, 3.8) is 0 Å². The van der Waals surface area contributed by atoms with E-state index in [2.05, 4.69) is 15.5 Å². The van der Waals surface area contributed by atoms with E-state index in [9.17, 15) is 9.59 Å².